The Morgan fingerprint density at radius 2 is 2.08 bits per heavy atom. The summed E-state index contributed by atoms with van der Waals surface area (Å²) < 4.78 is 47.2. The van der Waals surface area contributed by atoms with Gasteiger partial charge in [-0.3, -0.25) is 13.6 Å². The van der Waals surface area contributed by atoms with E-state index in [1.807, 2.05) is 0 Å². The largest absolute Gasteiger partial charge is 0.479 e. The molecule has 6 nitrogen and oxygen atoms in total. The zero-order valence-corrected chi connectivity index (χ0v) is 8.42. The standard InChI is InChI=1S/C5H9O6PS/c6-12(9-4-10-12)11-5-1-2-13(7,8)3-5/h5H,1-4H2. The van der Waals surface area contributed by atoms with Gasteiger partial charge in [0.1, 0.15) is 0 Å². The lowest BCUT2D eigenvalue weighted by Crippen LogP contribution is -2.20. The molecule has 2 saturated heterocycles. The summed E-state index contributed by atoms with van der Waals surface area (Å²) >= 11 is 0. The smallest absolute Gasteiger partial charge is 0.282 e. The minimum absolute atomic E-state index is 0.0449. The lowest BCUT2D eigenvalue weighted by Gasteiger charge is -2.26. The first-order chi connectivity index (χ1) is 5.99. The summed E-state index contributed by atoms with van der Waals surface area (Å²) in [7, 11) is -6.37. The molecule has 2 fully saturated rings. The van der Waals surface area contributed by atoms with Gasteiger partial charge in [-0.05, 0) is 6.42 Å². The molecule has 1 unspecified atom stereocenters. The Bertz CT molecular complexity index is 340. The van der Waals surface area contributed by atoms with Gasteiger partial charge in [0.25, 0.3) is 0 Å². The third kappa shape index (κ3) is 2.11. The van der Waals surface area contributed by atoms with Gasteiger partial charge in [0.15, 0.2) is 16.6 Å². The lowest BCUT2D eigenvalue weighted by molar-refractivity contribution is -0.0510. The zero-order chi connectivity index (χ0) is 9.53. The number of phosphoric ester groups is 1. The van der Waals surface area contributed by atoms with Crippen molar-refractivity contribution in [1.82, 2.24) is 0 Å². The predicted molar refractivity (Wildman–Crippen MR) is 42.8 cm³/mol. The maximum atomic E-state index is 11.2. The van der Waals surface area contributed by atoms with Gasteiger partial charge in [0.2, 0.25) is 0 Å². The van der Waals surface area contributed by atoms with Crippen LogP contribution in [0.15, 0.2) is 0 Å². The number of hydrogen-bond donors (Lipinski definition) is 0. The summed E-state index contributed by atoms with van der Waals surface area (Å²) in [6.45, 7) is -0.0449. The molecule has 0 N–H and O–H groups in total. The quantitative estimate of drug-likeness (QED) is 0.632. The second-order valence-corrected chi connectivity index (χ2v) is 6.80. The van der Waals surface area contributed by atoms with Gasteiger partial charge in [-0.2, -0.15) is 0 Å². The number of hydrogen-bond acceptors (Lipinski definition) is 6. The SMILES string of the molecule is O=P1(OC2CCS(=O)(=O)C2)OCO1. The van der Waals surface area contributed by atoms with Gasteiger partial charge >= 0.3 is 7.82 Å². The van der Waals surface area contributed by atoms with Crippen molar-refractivity contribution in [1.29, 1.82) is 0 Å². The normalized spacial score (nSPS) is 35.5. The molecule has 76 valence electrons. The Balaban J connectivity index is 1.94. The maximum Gasteiger partial charge on any atom is 0.479 e. The summed E-state index contributed by atoms with van der Waals surface area (Å²) in [4.78, 5) is 0. The van der Waals surface area contributed by atoms with E-state index in [2.05, 4.69) is 9.05 Å². The Labute approximate surface area is 75.7 Å². The highest BCUT2D eigenvalue weighted by atomic mass is 32.2. The van der Waals surface area contributed by atoms with Crippen molar-refractivity contribution in [3.05, 3.63) is 0 Å². The third-order valence-corrected chi connectivity index (χ3v) is 5.03. The van der Waals surface area contributed by atoms with E-state index >= 15 is 0 Å². The second kappa shape index (κ2) is 3.03. The molecule has 1 atom stereocenters. The van der Waals surface area contributed by atoms with Crippen LogP contribution in [-0.4, -0.2) is 32.8 Å². The van der Waals surface area contributed by atoms with E-state index in [9.17, 15) is 13.0 Å². The van der Waals surface area contributed by atoms with E-state index < -0.39 is 23.8 Å². The van der Waals surface area contributed by atoms with E-state index in [1.54, 1.807) is 0 Å². The fourth-order valence-electron chi connectivity index (χ4n) is 1.23. The Morgan fingerprint density at radius 3 is 2.46 bits per heavy atom. The van der Waals surface area contributed by atoms with Crippen LogP contribution in [0, 0.1) is 0 Å². The molecule has 2 aliphatic rings. The Hall–Kier alpha value is 0.0600. The monoisotopic (exact) mass is 228 g/mol. The van der Waals surface area contributed by atoms with E-state index in [0.717, 1.165) is 0 Å². The summed E-state index contributed by atoms with van der Waals surface area (Å²) in [6.07, 6.45) is -0.185. The van der Waals surface area contributed by atoms with E-state index in [-0.39, 0.29) is 18.3 Å². The van der Waals surface area contributed by atoms with Crippen molar-refractivity contribution >= 4 is 17.7 Å². The molecule has 0 saturated carbocycles. The van der Waals surface area contributed by atoms with E-state index in [1.165, 1.54) is 0 Å². The van der Waals surface area contributed by atoms with Crippen LogP contribution in [0.25, 0.3) is 0 Å². The number of sulfone groups is 1. The molecule has 8 heteroatoms. The van der Waals surface area contributed by atoms with Crippen molar-refractivity contribution in [3.63, 3.8) is 0 Å². The molecule has 0 spiro atoms. The fourth-order valence-corrected chi connectivity index (χ4v) is 3.86. The summed E-state index contributed by atoms with van der Waals surface area (Å²) in [5.41, 5.74) is 0. The summed E-state index contributed by atoms with van der Waals surface area (Å²) in [5, 5.41) is 0. The second-order valence-electron chi connectivity index (χ2n) is 2.95. The Kier molecular flexibility index (Phi) is 2.24. The Morgan fingerprint density at radius 1 is 1.38 bits per heavy atom. The minimum atomic E-state index is -3.36. The molecule has 13 heavy (non-hydrogen) atoms. The van der Waals surface area contributed by atoms with Gasteiger partial charge < -0.3 is 0 Å². The van der Waals surface area contributed by atoms with Gasteiger partial charge in [-0.15, -0.1) is 0 Å². The van der Waals surface area contributed by atoms with Crippen molar-refractivity contribution in [2.45, 2.75) is 12.5 Å². The van der Waals surface area contributed by atoms with Crippen LogP contribution in [0.2, 0.25) is 0 Å². The first kappa shape index (κ1) is 9.61. The third-order valence-electron chi connectivity index (χ3n) is 1.89. The zero-order valence-electron chi connectivity index (χ0n) is 6.71. The molecule has 0 aromatic rings. The van der Waals surface area contributed by atoms with E-state index in [0.29, 0.717) is 6.42 Å². The van der Waals surface area contributed by atoms with Crippen LogP contribution in [-0.2, 0) is 28.0 Å². The van der Waals surface area contributed by atoms with Gasteiger partial charge in [-0.1, -0.05) is 0 Å². The van der Waals surface area contributed by atoms with Crippen molar-refractivity contribution in [2.24, 2.45) is 0 Å². The van der Waals surface area contributed by atoms with E-state index in [4.69, 9.17) is 4.52 Å². The molecule has 2 aliphatic heterocycles. The average Bonchev–Trinajstić information content (AvgIpc) is 2.27. The van der Waals surface area contributed by atoms with Crippen LogP contribution >= 0.6 is 7.82 Å². The molecule has 0 aromatic carbocycles. The van der Waals surface area contributed by atoms with Crippen LogP contribution in [0.1, 0.15) is 6.42 Å². The summed E-state index contributed by atoms with van der Waals surface area (Å²) in [5.74, 6) is -0.0125. The van der Waals surface area contributed by atoms with Crippen LogP contribution in [0.4, 0.5) is 0 Å². The maximum absolute atomic E-state index is 11.2. The topological polar surface area (TPSA) is 78.9 Å². The highest BCUT2D eigenvalue weighted by Gasteiger charge is 2.41. The highest BCUT2D eigenvalue weighted by molar-refractivity contribution is 7.91. The molecule has 2 rings (SSSR count). The van der Waals surface area contributed by atoms with Crippen molar-refractivity contribution in [2.75, 3.05) is 18.3 Å². The van der Waals surface area contributed by atoms with Gasteiger partial charge in [0, 0.05) is 0 Å². The lowest BCUT2D eigenvalue weighted by atomic mass is 10.3. The highest BCUT2D eigenvalue weighted by Crippen LogP contribution is 2.58. The molecule has 0 radical (unpaired) electrons. The first-order valence-electron chi connectivity index (χ1n) is 3.77. The molecular formula is C5H9O6PS. The summed E-state index contributed by atoms with van der Waals surface area (Å²) in [6, 6.07) is 0. The molecule has 2 heterocycles. The first-order valence-corrected chi connectivity index (χ1v) is 7.05. The van der Waals surface area contributed by atoms with Crippen molar-refractivity contribution in [3.8, 4) is 0 Å². The molecule has 0 aromatic heterocycles. The molecule has 0 aliphatic carbocycles. The number of phosphoric acid groups is 1. The molecular weight excluding hydrogens is 219 g/mol. The van der Waals surface area contributed by atoms with Gasteiger partial charge in [0.05, 0.1) is 17.6 Å². The van der Waals surface area contributed by atoms with Crippen molar-refractivity contribution < 1.29 is 26.6 Å². The number of rotatable bonds is 2. The van der Waals surface area contributed by atoms with Gasteiger partial charge in [-0.25, -0.2) is 13.0 Å². The average molecular weight is 228 g/mol. The van der Waals surface area contributed by atoms with Crippen LogP contribution < -0.4 is 0 Å². The fraction of sp³-hybridized carbons (Fsp3) is 1.00. The van der Waals surface area contributed by atoms with Crippen LogP contribution in [0.5, 0.6) is 0 Å². The van der Waals surface area contributed by atoms with Crippen LogP contribution in [0.3, 0.4) is 0 Å². The molecule has 0 bridgehead atoms. The predicted octanol–water partition coefficient (Wildman–Crippen LogP) is 0.302. The molecule has 0 amide bonds. The minimum Gasteiger partial charge on any atom is -0.282 e.